The summed E-state index contributed by atoms with van der Waals surface area (Å²) < 4.78 is 52.4. The Morgan fingerprint density at radius 3 is 2.66 bits per heavy atom. The van der Waals surface area contributed by atoms with Gasteiger partial charge < -0.3 is 5.32 Å². The van der Waals surface area contributed by atoms with Gasteiger partial charge in [0.15, 0.2) is 0 Å². The van der Waals surface area contributed by atoms with E-state index in [0.29, 0.717) is 42.9 Å². The number of nitrogens with zero attached hydrogens (tertiary/aromatic N) is 5. The molecule has 3 heterocycles. The largest absolute Gasteiger partial charge is 0.491 e. The second-order valence-corrected chi connectivity index (χ2v) is 10.2. The number of halogens is 5. The lowest BCUT2D eigenvalue weighted by molar-refractivity contribution is -0.0414. The molecule has 1 aliphatic heterocycles. The molecule has 1 atom stereocenters. The molecule has 2 aromatic heterocycles. The van der Waals surface area contributed by atoms with Crippen LogP contribution in [0.3, 0.4) is 0 Å². The Morgan fingerprint density at radius 2 is 2.03 bits per heavy atom. The number of benzene rings is 1. The lowest BCUT2D eigenvalue weighted by Crippen LogP contribution is -2.42. The van der Waals surface area contributed by atoms with E-state index in [9.17, 15) is 22.2 Å². The van der Waals surface area contributed by atoms with E-state index in [1.807, 2.05) is 6.92 Å². The second kappa shape index (κ2) is 10.2. The predicted molar refractivity (Wildman–Crippen MR) is 132 cm³/mol. The van der Waals surface area contributed by atoms with Crippen molar-refractivity contribution in [1.82, 2.24) is 19.0 Å². The number of carbonyl (C=O) groups excluding carboxylic acids is 1. The number of carbonyl (C=O) groups is 1. The first kappa shape index (κ1) is 25.5. The number of alkyl halides is 3. The van der Waals surface area contributed by atoms with Crippen molar-refractivity contribution >= 4 is 62.1 Å². The van der Waals surface area contributed by atoms with Crippen LogP contribution in [0.4, 0.5) is 18.9 Å². The van der Waals surface area contributed by atoms with Gasteiger partial charge in [0.25, 0.3) is 5.91 Å². The molecule has 1 amide bonds. The van der Waals surface area contributed by atoms with Gasteiger partial charge in [0, 0.05) is 17.2 Å². The SMILES string of the molecule is CCc1nc2ccc(Cl)cn2c1C(=O)NCc1ccc(N2CCN(S(=O)C(F)(F)F)C=N2)c(Br)c1. The molecule has 1 aliphatic rings. The number of pyridine rings is 1. The zero-order valence-corrected chi connectivity index (χ0v) is 21.4. The van der Waals surface area contributed by atoms with E-state index in [2.05, 4.69) is 31.3 Å². The van der Waals surface area contributed by atoms with Crippen molar-refractivity contribution in [1.29, 1.82) is 0 Å². The van der Waals surface area contributed by atoms with Crippen LogP contribution in [0.2, 0.25) is 5.02 Å². The van der Waals surface area contributed by atoms with Crippen LogP contribution >= 0.6 is 27.5 Å². The summed E-state index contributed by atoms with van der Waals surface area (Å²) in [6.07, 6.45) is 3.14. The van der Waals surface area contributed by atoms with Crippen LogP contribution in [0.25, 0.3) is 5.65 Å². The predicted octanol–water partition coefficient (Wildman–Crippen LogP) is 4.49. The summed E-state index contributed by atoms with van der Waals surface area (Å²) in [5.74, 6) is -0.296. The van der Waals surface area contributed by atoms with E-state index in [4.69, 9.17) is 11.6 Å². The first-order valence-corrected chi connectivity index (χ1v) is 12.7. The minimum atomic E-state index is -4.84. The molecule has 0 bridgehead atoms. The molecular weight excluding hydrogens is 573 g/mol. The minimum Gasteiger partial charge on any atom is -0.347 e. The summed E-state index contributed by atoms with van der Waals surface area (Å²) in [4.78, 5) is 17.5. The number of imidazole rings is 1. The van der Waals surface area contributed by atoms with E-state index in [0.717, 1.165) is 11.9 Å². The summed E-state index contributed by atoms with van der Waals surface area (Å²) in [6, 6.07) is 8.77. The molecule has 0 spiro atoms. The van der Waals surface area contributed by atoms with Crippen molar-refractivity contribution in [2.45, 2.75) is 25.4 Å². The van der Waals surface area contributed by atoms with Gasteiger partial charge in [-0.2, -0.15) is 18.3 Å². The van der Waals surface area contributed by atoms with E-state index in [1.165, 1.54) is 5.01 Å². The van der Waals surface area contributed by atoms with E-state index in [1.54, 1.807) is 40.9 Å². The van der Waals surface area contributed by atoms with Gasteiger partial charge in [-0.1, -0.05) is 24.6 Å². The number of hydrogen-bond donors (Lipinski definition) is 1. The maximum atomic E-state index is 13.0. The molecule has 3 aromatic rings. The quantitative estimate of drug-likeness (QED) is 0.458. The van der Waals surface area contributed by atoms with Crippen LogP contribution in [0.15, 0.2) is 46.1 Å². The smallest absolute Gasteiger partial charge is 0.347 e. The fraction of sp³-hybridized carbons (Fsp3) is 0.286. The van der Waals surface area contributed by atoms with Gasteiger partial charge in [0.05, 0.1) is 29.5 Å². The summed E-state index contributed by atoms with van der Waals surface area (Å²) in [7, 11) is -3.15. The number of hydrazone groups is 1. The normalized spacial score (nSPS) is 15.0. The molecule has 35 heavy (non-hydrogen) atoms. The summed E-state index contributed by atoms with van der Waals surface area (Å²) >= 11 is 9.55. The standard InChI is InChI=1S/C21H19BrClF3N6O2S/c1-2-16-19(31-11-14(23)4-6-18(31)29-16)20(33)27-10-13-3-5-17(15(22)9-13)32-8-7-30(12-28-32)35(34)21(24,25)26/h3-6,9,11-12H,2,7-8,10H2,1H3,(H,27,33). The van der Waals surface area contributed by atoms with Crippen molar-refractivity contribution in [2.75, 3.05) is 18.1 Å². The highest BCUT2D eigenvalue weighted by Gasteiger charge is 2.41. The number of rotatable bonds is 6. The first-order valence-electron chi connectivity index (χ1n) is 10.4. The Balaban J connectivity index is 1.45. The zero-order valence-electron chi connectivity index (χ0n) is 18.2. The number of aryl methyl sites for hydroxylation is 1. The van der Waals surface area contributed by atoms with Crippen molar-refractivity contribution in [2.24, 2.45) is 5.10 Å². The molecule has 0 saturated carbocycles. The first-order chi connectivity index (χ1) is 16.6. The molecule has 0 fully saturated rings. The third kappa shape index (κ3) is 5.46. The molecule has 14 heteroatoms. The van der Waals surface area contributed by atoms with Crippen LogP contribution in [-0.2, 0) is 24.0 Å². The zero-order chi connectivity index (χ0) is 25.3. The fourth-order valence-electron chi connectivity index (χ4n) is 3.56. The molecule has 0 saturated heterocycles. The molecule has 0 radical (unpaired) electrons. The van der Waals surface area contributed by atoms with Gasteiger partial charge in [0.1, 0.15) is 17.7 Å². The van der Waals surface area contributed by atoms with Crippen LogP contribution in [0, 0.1) is 0 Å². The van der Waals surface area contributed by atoms with E-state index < -0.39 is 16.5 Å². The summed E-state index contributed by atoms with van der Waals surface area (Å²) in [6.45, 7) is 2.15. The monoisotopic (exact) mass is 590 g/mol. The number of amides is 1. The Labute approximate surface area is 214 Å². The van der Waals surface area contributed by atoms with Crippen LogP contribution in [-0.4, -0.2) is 48.7 Å². The summed E-state index contributed by atoms with van der Waals surface area (Å²) in [5, 5.41) is 8.87. The van der Waals surface area contributed by atoms with Crippen molar-refractivity contribution in [3.8, 4) is 0 Å². The Bertz CT molecular complexity index is 1330. The number of nitrogens with one attached hydrogen (secondary N) is 1. The lowest BCUT2D eigenvalue weighted by atomic mass is 10.2. The van der Waals surface area contributed by atoms with Gasteiger partial charge in [0.2, 0.25) is 11.0 Å². The molecular formula is C21H19BrClF3N6O2S. The molecule has 0 aliphatic carbocycles. The number of fused-ring (bicyclic) bond motifs is 1. The Kier molecular flexibility index (Phi) is 7.38. The fourth-order valence-corrected chi connectivity index (χ4v) is 4.99. The number of anilines is 1. The van der Waals surface area contributed by atoms with Gasteiger partial charge in [-0.05, 0) is 52.2 Å². The van der Waals surface area contributed by atoms with Crippen molar-refractivity contribution in [3.63, 3.8) is 0 Å². The van der Waals surface area contributed by atoms with Gasteiger partial charge in [-0.25, -0.2) is 9.19 Å². The average molecular weight is 592 g/mol. The molecule has 186 valence electrons. The Morgan fingerprint density at radius 1 is 1.26 bits per heavy atom. The molecule has 1 unspecified atom stereocenters. The van der Waals surface area contributed by atoms with Crippen LogP contribution < -0.4 is 10.3 Å². The van der Waals surface area contributed by atoms with Gasteiger partial charge in [-0.15, -0.1) is 0 Å². The average Bonchev–Trinajstić information content (AvgIpc) is 3.19. The maximum Gasteiger partial charge on any atom is 0.491 e. The molecule has 4 rings (SSSR count). The lowest BCUT2D eigenvalue weighted by Gasteiger charge is -2.29. The van der Waals surface area contributed by atoms with Gasteiger partial charge >= 0.3 is 5.51 Å². The number of aromatic nitrogens is 2. The number of hydrogen-bond acceptors (Lipinski definition) is 5. The van der Waals surface area contributed by atoms with Gasteiger partial charge in [-0.3, -0.25) is 18.5 Å². The minimum absolute atomic E-state index is 0.108. The van der Waals surface area contributed by atoms with Crippen LogP contribution in [0.5, 0.6) is 0 Å². The highest BCUT2D eigenvalue weighted by molar-refractivity contribution is 9.10. The molecule has 8 nitrogen and oxygen atoms in total. The third-order valence-electron chi connectivity index (χ3n) is 5.21. The third-order valence-corrected chi connectivity index (χ3v) is 7.17. The Hall–Kier alpha value is -2.64. The second-order valence-electron chi connectivity index (χ2n) is 7.49. The molecule has 1 aromatic carbocycles. The van der Waals surface area contributed by atoms with Crippen molar-refractivity contribution < 1.29 is 22.2 Å². The topological polar surface area (TPSA) is 82.3 Å². The summed E-state index contributed by atoms with van der Waals surface area (Å²) in [5.41, 5.74) is -1.72. The maximum absolute atomic E-state index is 13.0. The van der Waals surface area contributed by atoms with Crippen LogP contribution in [0.1, 0.15) is 28.7 Å². The highest BCUT2D eigenvalue weighted by atomic mass is 79.9. The van der Waals surface area contributed by atoms with E-state index >= 15 is 0 Å². The van der Waals surface area contributed by atoms with Crippen molar-refractivity contribution in [3.05, 3.63) is 63.0 Å². The molecule has 1 N–H and O–H groups in total. The van der Waals surface area contributed by atoms with E-state index in [-0.39, 0.29) is 25.5 Å². The highest BCUT2D eigenvalue weighted by Crippen LogP contribution is 2.30.